The molecule has 1 saturated heterocycles. The minimum atomic E-state index is -1.90. The van der Waals surface area contributed by atoms with Crippen LogP contribution in [0, 0.1) is 0 Å². The Kier molecular flexibility index (Phi) is 5.02. The second kappa shape index (κ2) is 7.12. The zero-order valence-corrected chi connectivity index (χ0v) is 14.9. The third-order valence-electron chi connectivity index (χ3n) is 3.96. The second-order valence-electron chi connectivity index (χ2n) is 5.74. The number of anilines is 1. The van der Waals surface area contributed by atoms with Gasteiger partial charge in [-0.1, -0.05) is 11.6 Å². The van der Waals surface area contributed by atoms with Crippen molar-refractivity contribution >= 4 is 40.7 Å². The zero-order valence-electron chi connectivity index (χ0n) is 14.1. The van der Waals surface area contributed by atoms with Crippen molar-refractivity contribution < 1.29 is 28.2 Å². The molecule has 2 aromatic rings. The summed E-state index contributed by atoms with van der Waals surface area (Å²) in [5, 5.41) is -0.127. The Bertz CT molecular complexity index is 961. The summed E-state index contributed by atoms with van der Waals surface area (Å²) in [7, 11) is 1.14. The van der Waals surface area contributed by atoms with Crippen molar-refractivity contribution in [2.24, 2.45) is 0 Å². The first-order chi connectivity index (χ1) is 12.7. The number of halogens is 2. The summed E-state index contributed by atoms with van der Waals surface area (Å²) in [6, 6.07) is 0. The van der Waals surface area contributed by atoms with Crippen LogP contribution in [0.15, 0.2) is 4.79 Å². The Hall–Kier alpha value is -2.73. The highest BCUT2D eigenvalue weighted by Crippen LogP contribution is 2.36. The van der Waals surface area contributed by atoms with Gasteiger partial charge in [-0.3, -0.25) is 9.59 Å². The van der Waals surface area contributed by atoms with Crippen LogP contribution in [0.5, 0.6) is 0 Å². The first-order valence-electron chi connectivity index (χ1n) is 7.69. The summed E-state index contributed by atoms with van der Waals surface area (Å²) >= 11 is 5.94. The third kappa shape index (κ3) is 3.45. The maximum atomic E-state index is 14.8. The number of hydrogen-bond donors (Lipinski definition) is 2. The molecule has 1 fully saturated rings. The average molecular weight is 404 g/mol. The van der Waals surface area contributed by atoms with Crippen LogP contribution in [0.25, 0.3) is 11.2 Å². The van der Waals surface area contributed by atoms with Crippen molar-refractivity contribution in [3.63, 3.8) is 0 Å². The summed E-state index contributed by atoms with van der Waals surface area (Å²) in [5.41, 5.74) is 4.78. The number of esters is 2. The number of nitrogens with zero attached hydrogens (tertiary/aromatic N) is 3. The van der Waals surface area contributed by atoms with Crippen molar-refractivity contribution in [3.8, 4) is 0 Å². The lowest BCUT2D eigenvalue weighted by molar-refractivity contribution is -0.154. The molecule has 0 amide bonds. The van der Waals surface area contributed by atoms with Gasteiger partial charge in [0.15, 0.2) is 29.3 Å². The van der Waals surface area contributed by atoms with Crippen LogP contribution >= 0.6 is 11.6 Å². The smallest absolute Gasteiger partial charge is 0.330 e. The highest BCUT2D eigenvalue weighted by atomic mass is 35.5. The number of carbonyl (C=O) groups excluding carboxylic acids is 2. The van der Waals surface area contributed by atoms with Gasteiger partial charge < -0.3 is 24.9 Å². The van der Waals surface area contributed by atoms with Crippen LogP contribution in [-0.2, 0) is 23.8 Å². The molecule has 0 bridgehead atoms. The summed E-state index contributed by atoms with van der Waals surface area (Å²) in [6.45, 7) is 1.08. The number of hydrogen-bond acceptors (Lipinski definition) is 9. The molecular formula is C14H15ClFN5O6. The van der Waals surface area contributed by atoms with Gasteiger partial charge in [-0.05, 0) is 0 Å². The molecular weight excluding hydrogens is 389 g/mol. The number of nitrogen functional groups attached to an aromatic ring is 1. The molecule has 1 aliphatic heterocycles. The van der Waals surface area contributed by atoms with Crippen LogP contribution in [0.2, 0.25) is 5.15 Å². The van der Waals surface area contributed by atoms with Crippen LogP contribution in [0.1, 0.15) is 19.6 Å². The number of alkyl halides is 1. The Morgan fingerprint density at radius 1 is 1.44 bits per heavy atom. The van der Waals surface area contributed by atoms with Crippen LogP contribution < -0.4 is 11.4 Å². The van der Waals surface area contributed by atoms with Crippen LogP contribution in [0.3, 0.4) is 0 Å². The van der Waals surface area contributed by atoms with E-state index in [9.17, 15) is 18.8 Å². The summed E-state index contributed by atoms with van der Waals surface area (Å²) in [6.07, 6.45) is -6.57. The fourth-order valence-electron chi connectivity index (χ4n) is 2.85. The van der Waals surface area contributed by atoms with E-state index in [0.717, 1.165) is 18.6 Å². The number of fused-ring (bicyclic) bond motifs is 1. The van der Waals surface area contributed by atoms with Crippen LogP contribution in [-0.4, -0.2) is 56.9 Å². The van der Waals surface area contributed by atoms with Gasteiger partial charge in [0.25, 0.3) is 0 Å². The normalized spacial score (nSPS) is 24.9. The average Bonchev–Trinajstić information content (AvgIpc) is 3.05. The van der Waals surface area contributed by atoms with Gasteiger partial charge in [-0.15, -0.1) is 0 Å². The molecule has 2 aromatic heterocycles. The molecule has 11 nitrogen and oxygen atoms in total. The maximum absolute atomic E-state index is 14.8. The van der Waals surface area contributed by atoms with Gasteiger partial charge in [0.1, 0.15) is 11.6 Å². The zero-order chi connectivity index (χ0) is 19.9. The number of aromatic nitrogens is 4. The lowest BCUT2D eigenvalue weighted by Crippen LogP contribution is -2.36. The van der Waals surface area contributed by atoms with Gasteiger partial charge in [0, 0.05) is 6.92 Å². The van der Waals surface area contributed by atoms with E-state index in [1.54, 1.807) is 0 Å². The number of H-pyrrole nitrogens is 1. The lowest BCUT2D eigenvalue weighted by Gasteiger charge is -2.19. The van der Waals surface area contributed by atoms with E-state index >= 15 is 0 Å². The van der Waals surface area contributed by atoms with Gasteiger partial charge in [-0.25, -0.2) is 13.8 Å². The van der Waals surface area contributed by atoms with E-state index in [1.807, 2.05) is 0 Å². The molecule has 27 heavy (non-hydrogen) atoms. The molecule has 3 rings (SSSR count). The Labute approximate surface area is 155 Å². The van der Waals surface area contributed by atoms with Gasteiger partial charge >= 0.3 is 17.6 Å². The molecule has 3 heterocycles. The minimum Gasteiger partial charge on any atom is -0.469 e. The largest absolute Gasteiger partial charge is 0.469 e. The molecule has 3 N–H and O–H groups in total. The predicted molar refractivity (Wildman–Crippen MR) is 88.6 cm³/mol. The van der Waals surface area contributed by atoms with E-state index in [4.69, 9.17) is 26.8 Å². The third-order valence-corrected chi connectivity index (χ3v) is 4.23. The van der Waals surface area contributed by atoms with E-state index in [1.165, 1.54) is 0 Å². The number of imidazole rings is 1. The molecule has 0 aliphatic carbocycles. The van der Waals surface area contributed by atoms with Crippen molar-refractivity contribution in [2.45, 2.75) is 38.0 Å². The quantitative estimate of drug-likeness (QED) is 0.534. The number of nitrogens with one attached hydrogen (secondary N) is 1. The Balaban J connectivity index is 2.09. The Morgan fingerprint density at radius 3 is 2.78 bits per heavy atom. The molecule has 1 aliphatic rings. The number of nitrogens with two attached hydrogens (primary N) is 1. The van der Waals surface area contributed by atoms with Crippen molar-refractivity contribution in [1.82, 2.24) is 19.5 Å². The highest BCUT2D eigenvalue weighted by molar-refractivity contribution is 6.33. The monoisotopic (exact) mass is 403 g/mol. The van der Waals surface area contributed by atoms with Crippen molar-refractivity contribution in [1.29, 1.82) is 0 Å². The van der Waals surface area contributed by atoms with Gasteiger partial charge in [0.05, 0.1) is 13.5 Å². The SMILES string of the molecule is COC(=O)C[C@H]1O[C@@H](n2c(=O)[nH]c3c(Cl)nc(N)nc32)[C@H](OC(C)=O)[C@@H]1F. The summed E-state index contributed by atoms with van der Waals surface area (Å²) in [4.78, 5) is 45.4. The predicted octanol–water partition coefficient (Wildman–Crippen LogP) is 0.0855. The maximum Gasteiger partial charge on any atom is 0.330 e. The molecule has 0 aromatic carbocycles. The standard InChI is InChI=1S/C14H15ClFN5O6/c1-4(22)26-9-7(16)5(3-6(23)25-2)27-12(9)21-11-8(18-14(21)24)10(15)19-13(17)20-11/h5,7,9,12H,3H2,1-2H3,(H,18,24)(H2,17,19,20)/t5-,7-,9-,12-/m1/s1. The molecule has 0 saturated carbocycles. The molecule has 146 valence electrons. The number of ether oxygens (including phenoxy) is 3. The summed E-state index contributed by atoms with van der Waals surface area (Å²) in [5.74, 6) is -1.76. The van der Waals surface area contributed by atoms with E-state index in [-0.39, 0.29) is 22.3 Å². The minimum absolute atomic E-state index is 0.0490. The Morgan fingerprint density at radius 2 is 2.15 bits per heavy atom. The van der Waals surface area contributed by atoms with Crippen molar-refractivity contribution in [3.05, 3.63) is 15.6 Å². The number of methoxy groups -OCH3 is 1. The highest BCUT2D eigenvalue weighted by Gasteiger charge is 2.50. The fraction of sp³-hybridized carbons (Fsp3) is 0.500. The molecule has 13 heteroatoms. The van der Waals surface area contributed by atoms with E-state index in [0.29, 0.717) is 0 Å². The van der Waals surface area contributed by atoms with Crippen molar-refractivity contribution in [2.75, 3.05) is 12.8 Å². The van der Waals surface area contributed by atoms with E-state index in [2.05, 4.69) is 19.7 Å². The molecule has 4 atom stereocenters. The number of rotatable bonds is 4. The van der Waals surface area contributed by atoms with Gasteiger partial charge in [-0.2, -0.15) is 9.97 Å². The number of carbonyl (C=O) groups is 2. The summed E-state index contributed by atoms with van der Waals surface area (Å²) < 4.78 is 30.8. The first-order valence-corrected chi connectivity index (χ1v) is 8.07. The van der Waals surface area contributed by atoms with Crippen LogP contribution in [0.4, 0.5) is 10.3 Å². The molecule has 0 unspecified atom stereocenters. The fourth-order valence-corrected chi connectivity index (χ4v) is 3.07. The van der Waals surface area contributed by atoms with Gasteiger partial charge in [0.2, 0.25) is 5.95 Å². The second-order valence-corrected chi connectivity index (χ2v) is 6.09. The van der Waals surface area contributed by atoms with E-state index < -0.39 is 48.7 Å². The lowest BCUT2D eigenvalue weighted by atomic mass is 10.1. The first kappa shape index (κ1) is 19.0. The topological polar surface area (TPSA) is 151 Å². The molecule has 0 spiro atoms. The number of aromatic amines is 1. The molecule has 0 radical (unpaired) electrons.